The molecule has 0 spiro atoms. The maximum atomic E-state index is 11.6. The highest BCUT2D eigenvalue weighted by atomic mass is 35.5. The minimum absolute atomic E-state index is 0.181. The minimum Gasteiger partial charge on any atom is -0.479 e. The zero-order valence-electron chi connectivity index (χ0n) is 17.6. The molecule has 1 N–H and O–H groups in total. The Kier molecular flexibility index (Phi) is 6.46. The van der Waals surface area contributed by atoms with E-state index in [2.05, 4.69) is 23.0 Å². The average Bonchev–Trinajstić information content (AvgIpc) is 3.08. The zero-order chi connectivity index (χ0) is 21.3. The zero-order valence-corrected chi connectivity index (χ0v) is 18.4. The van der Waals surface area contributed by atoms with Crippen LogP contribution >= 0.6 is 11.6 Å². The molecule has 1 aromatic carbocycles. The van der Waals surface area contributed by atoms with Crippen LogP contribution in [0, 0.1) is 6.92 Å². The summed E-state index contributed by atoms with van der Waals surface area (Å²) in [5, 5.41) is 14.9. The van der Waals surface area contributed by atoms with Gasteiger partial charge < -0.3 is 9.84 Å². The second-order valence-corrected chi connectivity index (χ2v) is 9.12. The van der Waals surface area contributed by atoms with Gasteiger partial charge in [0.2, 0.25) is 0 Å². The van der Waals surface area contributed by atoms with Gasteiger partial charge in [-0.2, -0.15) is 5.10 Å². The fourth-order valence-electron chi connectivity index (χ4n) is 4.87. The van der Waals surface area contributed by atoms with Crippen LogP contribution in [-0.2, 0) is 23.0 Å². The predicted molar refractivity (Wildman–Crippen MR) is 116 cm³/mol. The van der Waals surface area contributed by atoms with Crippen LogP contribution in [0.15, 0.2) is 30.3 Å². The van der Waals surface area contributed by atoms with Crippen LogP contribution in [0.1, 0.15) is 48.6 Å². The third kappa shape index (κ3) is 4.71. The highest BCUT2D eigenvalue weighted by molar-refractivity contribution is 6.30. The molecule has 2 atom stereocenters. The molecule has 2 aliphatic rings. The molecule has 1 saturated heterocycles. The van der Waals surface area contributed by atoms with Crippen molar-refractivity contribution in [2.45, 2.75) is 63.1 Å². The predicted octanol–water partition coefficient (Wildman–Crippen LogP) is 3.80. The number of halogens is 1. The summed E-state index contributed by atoms with van der Waals surface area (Å²) in [4.78, 5) is 14.0. The normalized spacial score (nSPS) is 27.8. The summed E-state index contributed by atoms with van der Waals surface area (Å²) in [6.45, 7) is 2.98. The lowest BCUT2D eigenvalue weighted by atomic mass is 9.82. The lowest BCUT2D eigenvalue weighted by Gasteiger charge is -2.45. The van der Waals surface area contributed by atoms with Crippen LogP contribution in [0.25, 0.3) is 0 Å². The van der Waals surface area contributed by atoms with Gasteiger partial charge in [0, 0.05) is 42.3 Å². The summed E-state index contributed by atoms with van der Waals surface area (Å²) >= 11 is 6.03. The monoisotopic (exact) mass is 431 g/mol. The molecule has 1 aliphatic heterocycles. The molecule has 2 aromatic rings. The Morgan fingerprint density at radius 3 is 2.53 bits per heavy atom. The van der Waals surface area contributed by atoms with Crippen molar-refractivity contribution in [3.05, 3.63) is 52.3 Å². The molecular formula is C23H30ClN3O3. The van der Waals surface area contributed by atoms with E-state index < -0.39 is 12.1 Å². The molecule has 2 fully saturated rings. The Hall–Kier alpha value is -1.89. The summed E-state index contributed by atoms with van der Waals surface area (Å²) in [5.74, 6) is -0.380. The van der Waals surface area contributed by atoms with E-state index in [1.165, 1.54) is 17.0 Å². The third-order valence-corrected chi connectivity index (χ3v) is 6.96. The topological polar surface area (TPSA) is 67.6 Å². The second-order valence-electron chi connectivity index (χ2n) is 8.68. The molecule has 6 nitrogen and oxygen atoms in total. The fourth-order valence-corrected chi connectivity index (χ4v) is 5.00. The Morgan fingerprint density at radius 2 is 1.93 bits per heavy atom. The van der Waals surface area contributed by atoms with E-state index in [1.54, 1.807) is 0 Å². The highest BCUT2D eigenvalue weighted by Gasteiger charge is 2.38. The van der Waals surface area contributed by atoms with Gasteiger partial charge in [-0.1, -0.05) is 23.7 Å². The number of aromatic nitrogens is 2. The molecule has 0 amide bonds. The Morgan fingerprint density at radius 1 is 1.23 bits per heavy atom. The number of carbonyl (C=O) groups is 1. The number of benzene rings is 1. The second kappa shape index (κ2) is 9.08. The summed E-state index contributed by atoms with van der Waals surface area (Å²) < 4.78 is 7.64. The number of aliphatic carboxylic acids is 1. The van der Waals surface area contributed by atoms with Crippen LogP contribution in [-0.4, -0.2) is 57.1 Å². The number of hydrogen-bond acceptors (Lipinski definition) is 4. The number of morpholine rings is 1. The van der Waals surface area contributed by atoms with Crippen molar-refractivity contribution in [2.24, 2.45) is 7.05 Å². The summed E-state index contributed by atoms with van der Waals surface area (Å²) in [7, 11) is 1.99. The van der Waals surface area contributed by atoms with Crippen LogP contribution in [0.2, 0.25) is 5.02 Å². The summed E-state index contributed by atoms with van der Waals surface area (Å²) in [6.07, 6.45) is 4.38. The van der Waals surface area contributed by atoms with Crippen molar-refractivity contribution in [1.82, 2.24) is 14.7 Å². The first-order valence-electron chi connectivity index (χ1n) is 10.8. The van der Waals surface area contributed by atoms with Crippen molar-refractivity contribution in [2.75, 3.05) is 13.2 Å². The van der Waals surface area contributed by atoms with E-state index in [-0.39, 0.29) is 6.04 Å². The van der Waals surface area contributed by atoms with Gasteiger partial charge in [-0.15, -0.1) is 0 Å². The maximum Gasteiger partial charge on any atom is 0.334 e. The number of aryl methyl sites for hydroxylation is 2. The van der Waals surface area contributed by atoms with E-state index in [0.29, 0.717) is 25.1 Å². The number of hydrogen-bond donors (Lipinski definition) is 1. The van der Waals surface area contributed by atoms with E-state index in [1.807, 2.05) is 36.0 Å². The van der Waals surface area contributed by atoms with Gasteiger partial charge in [-0.05, 0) is 62.8 Å². The van der Waals surface area contributed by atoms with Crippen molar-refractivity contribution in [3.8, 4) is 0 Å². The lowest BCUT2D eigenvalue weighted by Crippen LogP contribution is -2.57. The molecule has 0 unspecified atom stereocenters. The van der Waals surface area contributed by atoms with Gasteiger partial charge >= 0.3 is 5.97 Å². The van der Waals surface area contributed by atoms with Gasteiger partial charge in [-0.3, -0.25) is 9.58 Å². The van der Waals surface area contributed by atoms with Gasteiger partial charge in [0.1, 0.15) is 0 Å². The minimum atomic E-state index is -0.873. The fraction of sp³-hybridized carbons (Fsp3) is 0.565. The van der Waals surface area contributed by atoms with Crippen LogP contribution in [0.4, 0.5) is 0 Å². The average molecular weight is 432 g/mol. The Labute approximate surface area is 182 Å². The van der Waals surface area contributed by atoms with E-state index in [9.17, 15) is 9.90 Å². The Bertz CT molecular complexity index is 855. The smallest absolute Gasteiger partial charge is 0.334 e. The SMILES string of the molecule is Cc1cc(C2CCC(N3C[C@H](C(=O)O)OC[C@@H]3Cc3ccc(Cl)cc3)CC2)nn1C. The maximum absolute atomic E-state index is 11.6. The van der Waals surface area contributed by atoms with Crippen molar-refractivity contribution < 1.29 is 14.6 Å². The van der Waals surface area contributed by atoms with Crippen LogP contribution in [0.3, 0.4) is 0 Å². The molecule has 1 saturated carbocycles. The molecule has 0 bridgehead atoms. The van der Waals surface area contributed by atoms with Gasteiger partial charge in [0.25, 0.3) is 0 Å². The first-order valence-corrected chi connectivity index (χ1v) is 11.1. The third-order valence-electron chi connectivity index (χ3n) is 6.71. The van der Waals surface area contributed by atoms with Crippen LogP contribution < -0.4 is 0 Å². The van der Waals surface area contributed by atoms with E-state index in [4.69, 9.17) is 16.3 Å². The molecule has 7 heteroatoms. The van der Waals surface area contributed by atoms with Crippen molar-refractivity contribution >= 4 is 17.6 Å². The largest absolute Gasteiger partial charge is 0.479 e. The molecule has 0 radical (unpaired) electrons. The number of nitrogens with zero attached hydrogens (tertiary/aromatic N) is 3. The number of carboxylic acid groups (broad SMARTS) is 1. The van der Waals surface area contributed by atoms with E-state index >= 15 is 0 Å². The first kappa shape index (κ1) is 21.3. The molecule has 1 aromatic heterocycles. The van der Waals surface area contributed by atoms with Crippen molar-refractivity contribution in [1.29, 1.82) is 0 Å². The number of carboxylic acids is 1. The number of ether oxygens (including phenoxy) is 1. The van der Waals surface area contributed by atoms with Gasteiger partial charge in [-0.25, -0.2) is 4.79 Å². The summed E-state index contributed by atoms with van der Waals surface area (Å²) in [5.41, 5.74) is 3.58. The number of rotatable bonds is 5. The van der Waals surface area contributed by atoms with E-state index in [0.717, 1.165) is 37.1 Å². The quantitative estimate of drug-likeness (QED) is 0.779. The standard InChI is InChI=1S/C23H30ClN3O3/c1-15-11-21(25-26(15)2)17-5-9-19(10-6-17)27-13-22(23(28)29)30-14-20(27)12-16-3-7-18(24)8-4-16/h3-4,7-8,11,17,19-20,22H,5-6,9-10,12-14H2,1-2H3,(H,28,29)/t17?,19?,20-,22+/m0/s1. The molecule has 2 heterocycles. The molecule has 1 aliphatic carbocycles. The molecule has 30 heavy (non-hydrogen) atoms. The highest BCUT2D eigenvalue weighted by Crippen LogP contribution is 2.36. The first-order chi connectivity index (χ1) is 14.4. The van der Waals surface area contributed by atoms with Crippen molar-refractivity contribution in [3.63, 3.8) is 0 Å². The van der Waals surface area contributed by atoms with Crippen LogP contribution in [0.5, 0.6) is 0 Å². The Balaban J connectivity index is 1.45. The van der Waals surface area contributed by atoms with Gasteiger partial charge in [0.15, 0.2) is 6.10 Å². The summed E-state index contributed by atoms with van der Waals surface area (Å²) in [6, 6.07) is 10.7. The molecular weight excluding hydrogens is 402 g/mol. The molecule has 162 valence electrons. The van der Waals surface area contributed by atoms with Gasteiger partial charge in [0.05, 0.1) is 12.3 Å². The lowest BCUT2D eigenvalue weighted by molar-refractivity contribution is -0.162. The molecule has 4 rings (SSSR count).